The fraction of sp³-hybridized carbons (Fsp3) is 0.231. The first-order chi connectivity index (χ1) is 8.79. The number of rotatable bonds is 1. The summed E-state index contributed by atoms with van der Waals surface area (Å²) in [7, 11) is 0. The topological polar surface area (TPSA) is 54.4 Å². The van der Waals surface area contributed by atoms with E-state index in [1.807, 2.05) is 0 Å². The fourth-order valence-corrected chi connectivity index (χ4v) is 2.02. The molecule has 0 unspecified atom stereocenters. The number of carbonyl (C=O) groups is 2. The highest BCUT2D eigenvalue weighted by Crippen LogP contribution is 2.33. The Bertz CT molecular complexity index is 585. The maximum Gasteiger partial charge on any atom is 0.416 e. The third-order valence-corrected chi connectivity index (χ3v) is 2.93. The van der Waals surface area contributed by atoms with Crippen molar-refractivity contribution in [3.63, 3.8) is 0 Å². The maximum atomic E-state index is 12.6. The number of ketones is 1. The Morgan fingerprint density at radius 3 is 2.53 bits per heavy atom. The quantitative estimate of drug-likeness (QED) is 0.798. The minimum Gasteiger partial charge on any atom is -0.478 e. The van der Waals surface area contributed by atoms with E-state index in [1.165, 1.54) is 6.07 Å². The van der Waals surface area contributed by atoms with Gasteiger partial charge in [-0.05, 0) is 30.5 Å². The van der Waals surface area contributed by atoms with Crippen molar-refractivity contribution in [3.05, 3.63) is 46.5 Å². The van der Waals surface area contributed by atoms with Crippen LogP contribution in [0.1, 0.15) is 27.9 Å². The van der Waals surface area contributed by atoms with Crippen molar-refractivity contribution >= 4 is 11.8 Å². The van der Waals surface area contributed by atoms with Crippen molar-refractivity contribution in [1.29, 1.82) is 0 Å². The molecule has 0 atom stereocenters. The molecule has 19 heavy (non-hydrogen) atoms. The number of hydrogen-bond donors (Lipinski definition) is 1. The number of fused-ring (bicyclic) bond motifs is 1. The van der Waals surface area contributed by atoms with Crippen LogP contribution in [-0.4, -0.2) is 16.9 Å². The lowest BCUT2D eigenvalue weighted by Gasteiger charge is -2.18. The molecule has 100 valence electrons. The maximum absolute atomic E-state index is 12.6. The van der Waals surface area contributed by atoms with Crippen LogP contribution in [-0.2, 0) is 17.4 Å². The van der Waals surface area contributed by atoms with Crippen LogP contribution in [0.25, 0.3) is 0 Å². The van der Waals surface area contributed by atoms with E-state index in [0.29, 0.717) is 12.0 Å². The number of aliphatic carboxylic acids is 1. The highest BCUT2D eigenvalue weighted by atomic mass is 19.4. The first-order valence-electron chi connectivity index (χ1n) is 5.47. The number of benzene rings is 1. The molecule has 3 nitrogen and oxygen atoms in total. The Morgan fingerprint density at radius 2 is 1.95 bits per heavy atom. The second-order valence-electron chi connectivity index (χ2n) is 4.21. The number of halogens is 3. The Morgan fingerprint density at radius 1 is 1.26 bits per heavy atom. The number of hydrogen-bond acceptors (Lipinski definition) is 2. The third kappa shape index (κ3) is 2.67. The largest absolute Gasteiger partial charge is 0.478 e. The molecule has 0 aromatic heterocycles. The molecule has 1 aliphatic carbocycles. The van der Waals surface area contributed by atoms with Gasteiger partial charge in [0, 0.05) is 17.2 Å². The number of Topliss-reactive ketones (excluding diaryl/α,β-unsaturated/α-hetero) is 1. The van der Waals surface area contributed by atoms with Gasteiger partial charge in [0.1, 0.15) is 0 Å². The Labute approximate surface area is 106 Å². The molecule has 1 aromatic carbocycles. The summed E-state index contributed by atoms with van der Waals surface area (Å²) in [4.78, 5) is 22.5. The molecule has 0 saturated carbocycles. The van der Waals surface area contributed by atoms with Crippen LogP contribution < -0.4 is 0 Å². The lowest BCUT2D eigenvalue weighted by molar-refractivity contribution is -0.137. The normalized spacial score (nSPS) is 17.4. The first kappa shape index (κ1) is 13.3. The van der Waals surface area contributed by atoms with Gasteiger partial charge in [0.05, 0.1) is 5.56 Å². The number of carbonyl (C=O) groups excluding carboxylic acids is 1. The average molecular weight is 270 g/mol. The van der Waals surface area contributed by atoms with E-state index >= 15 is 0 Å². The number of alkyl halides is 3. The zero-order valence-electron chi connectivity index (χ0n) is 9.62. The van der Waals surface area contributed by atoms with Crippen molar-refractivity contribution in [3.8, 4) is 0 Å². The van der Waals surface area contributed by atoms with E-state index in [9.17, 15) is 22.8 Å². The second-order valence-corrected chi connectivity index (χ2v) is 4.21. The van der Waals surface area contributed by atoms with Gasteiger partial charge in [-0.1, -0.05) is 6.07 Å². The minimum absolute atomic E-state index is 0.0272. The van der Waals surface area contributed by atoms with Crippen molar-refractivity contribution in [2.75, 3.05) is 0 Å². The van der Waals surface area contributed by atoms with Crippen LogP contribution >= 0.6 is 0 Å². The van der Waals surface area contributed by atoms with Gasteiger partial charge < -0.3 is 5.11 Å². The highest BCUT2D eigenvalue weighted by molar-refractivity contribution is 6.12. The number of aryl methyl sites for hydroxylation is 1. The molecule has 0 heterocycles. The number of allylic oxidation sites excluding steroid dienone is 1. The van der Waals surface area contributed by atoms with E-state index in [4.69, 9.17) is 5.11 Å². The zero-order valence-corrected chi connectivity index (χ0v) is 9.62. The summed E-state index contributed by atoms with van der Waals surface area (Å²) in [6, 6.07) is 2.98. The lowest BCUT2D eigenvalue weighted by atomic mass is 9.85. The van der Waals surface area contributed by atoms with Gasteiger partial charge in [0.25, 0.3) is 0 Å². The van der Waals surface area contributed by atoms with E-state index in [0.717, 1.165) is 18.2 Å². The summed E-state index contributed by atoms with van der Waals surface area (Å²) in [5, 5.41) is 8.61. The lowest BCUT2D eigenvalue weighted by Crippen LogP contribution is -2.17. The SMILES string of the molecule is O=C(O)/C=C1/CCc2ccc(C(F)(F)F)cc2C1=O. The molecule has 0 bridgehead atoms. The van der Waals surface area contributed by atoms with Crippen LogP contribution in [0.3, 0.4) is 0 Å². The van der Waals surface area contributed by atoms with Gasteiger partial charge in [0.15, 0.2) is 5.78 Å². The van der Waals surface area contributed by atoms with Gasteiger partial charge in [-0.3, -0.25) is 4.79 Å². The number of carboxylic acid groups (broad SMARTS) is 1. The van der Waals surface area contributed by atoms with Crippen molar-refractivity contribution in [2.24, 2.45) is 0 Å². The molecule has 0 fully saturated rings. The summed E-state index contributed by atoms with van der Waals surface area (Å²) in [5.41, 5.74) is -0.426. The molecule has 2 rings (SSSR count). The standard InChI is InChI=1S/C13H9F3O3/c14-13(15,16)9-4-3-7-1-2-8(5-11(17)18)12(19)10(7)6-9/h3-6H,1-2H2,(H,17,18)/b8-5-. The minimum atomic E-state index is -4.52. The van der Waals surface area contributed by atoms with Crippen molar-refractivity contribution in [1.82, 2.24) is 0 Å². The van der Waals surface area contributed by atoms with E-state index in [2.05, 4.69) is 0 Å². The molecular weight excluding hydrogens is 261 g/mol. The monoisotopic (exact) mass is 270 g/mol. The van der Waals surface area contributed by atoms with Gasteiger partial charge in [-0.2, -0.15) is 13.2 Å². The molecule has 0 radical (unpaired) electrons. The molecular formula is C13H9F3O3. The summed E-state index contributed by atoms with van der Waals surface area (Å²) in [6.45, 7) is 0. The predicted molar refractivity (Wildman–Crippen MR) is 59.8 cm³/mol. The molecule has 0 saturated heterocycles. The summed E-state index contributed by atoms with van der Waals surface area (Å²) in [6.07, 6.45) is -3.18. The van der Waals surface area contributed by atoms with E-state index < -0.39 is 23.5 Å². The Kier molecular flexibility index (Phi) is 3.18. The van der Waals surface area contributed by atoms with Crippen molar-refractivity contribution < 1.29 is 27.9 Å². The predicted octanol–water partition coefficient (Wildman–Crippen LogP) is 2.85. The summed E-state index contributed by atoms with van der Waals surface area (Å²) in [5.74, 6) is -1.92. The van der Waals surface area contributed by atoms with Crippen LogP contribution in [0.15, 0.2) is 29.8 Å². The Balaban J connectivity index is 2.47. The fourth-order valence-electron chi connectivity index (χ4n) is 2.02. The molecule has 1 aromatic rings. The summed E-state index contributed by atoms with van der Waals surface area (Å²) >= 11 is 0. The smallest absolute Gasteiger partial charge is 0.416 e. The summed E-state index contributed by atoms with van der Waals surface area (Å²) < 4.78 is 37.7. The first-order valence-corrected chi connectivity index (χ1v) is 5.47. The molecule has 1 aliphatic rings. The molecule has 0 amide bonds. The zero-order chi connectivity index (χ0) is 14.2. The highest BCUT2D eigenvalue weighted by Gasteiger charge is 2.33. The second kappa shape index (κ2) is 4.53. The third-order valence-electron chi connectivity index (χ3n) is 2.93. The molecule has 1 N–H and O–H groups in total. The van der Waals surface area contributed by atoms with Crippen LogP contribution in [0, 0.1) is 0 Å². The Hall–Kier alpha value is -2.11. The van der Waals surface area contributed by atoms with E-state index in [-0.39, 0.29) is 17.6 Å². The van der Waals surface area contributed by atoms with Gasteiger partial charge in [-0.15, -0.1) is 0 Å². The van der Waals surface area contributed by atoms with Crippen LogP contribution in [0.5, 0.6) is 0 Å². The van der Waals surface area contributed by atoms with Crippen molar-refractivity contribution in [2.45, 2.75) is 19.0 Å². The average Bonchev–Trinajstić information content (AvgIpc) is 2.31. The number of carboxylic acids is 1. The van der Waals surface area contributed by atoms with Crippen LogP contribution in [0.4, 0.5) is 13.2 Å². The van der Waals surface area contributed by atoms with Gasteiger partial charge in [-0.25, -0.2) is 4.79 Å². The van der Waals surface area contributed by atoms with E-state index in [1.54, 1.807) is 0 Å². The molecule has 0 spiro atoms. The van der Waals surface area contributed by atoms with Crippen LogP contribution in [0.2, 0.25) is 0 Å². The van der Waals surface area contributed by atoms with Gasteiger partial charge in [0.2, 0.25) is 0 Å². The van der Waals surface area contributed by atoms with Gasteiger partial charge >= 0.3 is 12.1 Å². The molecule has 0 aliphatic heterocycles. The molecule has 6 heteroatoms.